The highest BCUT2D eigenvalue weighted by Gasteiger charge is 2.09. The van der Waals surface area contributed by atoms with E-state index in [0.29, 0.717) is 17.9 Å². The van der Waals surface area contributed by atoms with Gasteiger partial charge in [-0.2, -0.15) is 0 Å². The molecule has 0 saturated carbocycles. The van der Waals surface area contributed by atoms with Crippen LogP contribution >= 0.6 is 0 Å². The number of rotatable bonds is 10. The fourth-order valence-corrected chi connectivity index (χ4v) is 3.11. The fraction of sp³-hybridized carbons (Fsp3) is 0.269. The van der Waals surface area contributed by atoms with Gasteiger partial charge in [-0.1, -0.05) is 56.9 Å². The summed E-state index contributed by atoms with van der Waals surface area (Å²) in [4.78, 5) is 12.4. The van der Waals surface area contributed by atoms with E-state index in [0.717, 1.165) is 23.3 Å². The summed E-state index contributed by atoms with van der Waals surface area (Å²) in [5.74, 6) is 0.541. The zero-order chi connectivity index (χ0) is 21.2. The Morgan fingerprint density at radius 2 is 1.30 bits per heavy atom. The summed E-state index contributed by atoms with van der Waals surface area (Å²) in [7, 11) is 0. The number of unbranched alkanes of at least 4 members (excludes halogenated alkanes) is 4. The molecule has 0 saturated heterocycles. The van der Waals surface area contributed by atoms with Gasteiger partial charge in [0.15, 0.2) is 0 Å². The largest absolute Gasteiger partial charge is 0.494 e. The molecule has 0 atom stereocenters. The van der Waals surface area contributed by atoms with Crippen LogP contribution in [0.1, 0.15) is 49.4 Å². The molecule has 0 N–H and O–H groups in total. The third kappa shape index (κ3) is 6.45. The number of hydrogen-bond acceptors (Lipinski definition) is 3. The second kappa shape index (κ2) is 11.1. The minimum absolute atomic E-state index is 0.276. The third-order valence-corrected chi connectivity index (χ3v) is 4.85. The van der Waals surface area contributed by atoms with Gasteiger partial charge in [-0.3, -0.25) is 0 Å². The molecule has 0 aliphatic rings. The van der Waals surface area contributed by atoms with Crippen LogP contribution in [-0.4, -0.2) is 12.6 Å². The molecule has 3 aromatic carbocycles. The van der Waals surface area contributed by atoms with E-state index in [1.807, 2.05) is 24.3 Å². The zero-order valence-corrected chi connectivity index (χ0v) is 17.3. The van der Waals surface area contributed by atoms with Crippen molar-refractivity contribution in [1.82, 2.24) is 0 Å². The molecule has 0 heterocycles. The van der Waals surface area contributed by atoms with Crippen LogP contribution in [-0.2, 0) is 0 Å². The van der Waals surface area contributed by atoms with Gasteiger partial charge in [-0.05, 0) is 66.1 Å². The highest BCUT2D eigenvalue weighted by molar-refractivity contribution is 5.91. The maximum Gasteiger partial charge on any atom is 0.343 e. The lowest BCUT2D eigenvalue weighted by molar-refractivity contribution is 0.0734. The lowest BCUT2D eigenvalue weighted by atomic mass is 10.0. The standard InChI is InChI=1S/C26H27FO3/c1-2-3-4-5-6-19-29-24-15-17-25(18-16-24)30-26(28)22-9-7-20(8-10-22)21-11-13-23(27)14-12-21/h7-18H,2-6,19H2,1H3. The molecule has 0 aliphatic carbocycles. The number of benzene rings is 3. The fourth-order valence-electron chi connectivity index (χ4n) is 3.11. The molecule has 0 amide bonds. The molecule has 4 heteroatoms. The van der Waals surface area contributed by atoms with Crippen LogP contribution in [0.2, 0.25) is 0 Å². The average molecular weight is 406 g/mol. The van der Waals surface area contributed by atoms with Crippen molar-refractivity contribution in [2.45, 2.75) is 39.0 Å². The van der Waals surface area contributed by atoms with Gasteiger partial charge in [0.25, 0.3) is 0 Å². The number of carbonyl (C=O) groups is 1. The van der Waals surface area contributed by atoms with E-state index in [1.165, 1.54) is 37.8 Å². The van der Waals surface area contributed by atoms with Crippen LogP contribution in [0.4, 0.5) is 4.39 Å². The van der Waals surface area contributed by atoms with Crippen LogP contribution in [0.3, 0.4) is 0 Å². The van der Waals surface area contributed by atoms with Gasteiger partial charge in [0.2, 0.25) is 0 Å². The average Bonchev–Trinajstić information content (AvgIpc) is 2.78. The lowest BCUT2D eigenvalue weighted by Gasteiger charge is -2.08. The van der Waals surface area contributed by atoms with E-state index in [-0.39, 0.29) is 5.82 Å². The molecule has 3 aromatic rings. The summed E-state index contributed by atoms with van der Waals surface area (Å²) >= 11 is 0. The van der Waals surface area contributed by atoms with E-state index in [2.05, 4.69) is 6.92 Å². The Hall–Kier alpha value is -3.14. The zero-order valence-electron chi connectivity index (χ0n) is 17.3. The minimum Gasteiger partial charge on any atom is -0.494 e. The number of hydrogen-bond donors (Lipinski definition) is 0. The minimum atomic E-state index is -0.426. The molecule has 0 unspecified atom stereocenters. The Morgan fingerprint density at radius 3 is 1.93 bits per heavy atom. The van der Waals surface area contributed by atoms with Crippen molar-refractivity contribution in [1.29, 1.82) is 0 Å². The highest BCUT2D eigenvalue weighted by Crippen LogP contribution is 2.22. The van der Waals surface area contributed by atoms with Crippen molar-refractivity contribution in [3.63, 3.8) is 0 Å². The molecule has 0 spiro atoms. The van der Waals surface area contributed by atoms with E-state index in [1.54, 1.807) is 36.4 Å². The first-order chi connectivity index (χ1) is 14.7. The Bertz CT molecular complexity index is 916. The van der Waals surface area contributed by atoms with Gasteiger partial charge in [0, 0.05) is 0 Å². The first kappa shape index (κ1) is 21.6. The SMILES string of the molecule is CCCCCCCOc1ccc(OC(=O)c2ccc(-c3ccc(F)cc3)cc2)cc1. The van der Waals surface area contributed by atoms with Crippen LogP contribution in [0.5, 0.6) is 11.5 Å². The predicted molar refractivity (Wildman–Crippen MR) is 117 cm³/mol. The first-order valence-corrected chi connectivity index (χ1v) is 10.5. The first-order valence-electron chi connectivity index (χ1n) is 10.5. The molecular formula is C26H27FO3. The van der Waals surface area contributed by atoms with Gasteiger partial charge in [-0.25, -0.2) is 9.18 Å². The van der Waals surface area contributed by atoms with Crippen LogP contribution in [0, 0.1) is 5.82 Å². The van der Waals surface area contributed by atoms with E-state index < -0.39 is 5.97 Å². The van der Waals surface area contributed by atoms with Crippen molar-refractivity contribution >= 4 is 5.97 Å². The monoisotopic (exact) mass is 406 g/mol. The molecule has 0 bridgehead atoms. The van der Waals surface area contributed by atoms with Crippen molar-refractivity contribution < 1.29 is 18.7 Å². The van der Waals surface area contributed by atoms with Crippen molar-refractivity contribution in [2.75, 3.05) is 6.61 Å². The normalized spacial score (nSPS) is 10.6. The maximum absolute atomic E-state index is 13.1. The summed E-state index contributed by atoms with van der Waals surface area (Å²) in [6, 6.07) is 20.4. The van der Waals surface area contributed by atoms with Gasteiger partial charge < -0.3 is 9.47 Å². The van der Waals surface area contributed by atoms with Crippen molar-refractivity contribution in [3.05, 3.63) is 84.2 Å². The Kier molecular flexibility index (Phi) is 8.02. The molecule has 156 valence electrons. The number of esters is 1. The number of halogens is 1. The van der Waals surface area contributed by atoms with Crippen molar-refractivity contribution in [3.8, 4) is 22.6 Å². The summed E-state index contributed by atoms with van der Waals surface area (Å²) in [6.07, 6.45) is 5.99. The third-order valence-electron chi connectivity index (χ3n) is 4.85. The predicted octanol–water partition coefficient (Wildman–Crippen LogP) is 7.06. The molecule has 0 aliphatic heterocycles. The second-order valence-electron chi connectivity index (χ2n) is 7.21. The highest BCUT2D eigenvalue weighted by atomic mass is 19.1. The molecule has 3 rings (SSSR count). The molecule has 0 radical (unpaired) electrons. The number of ether oxygens (including phenoxy) is 2. The van der Waals surface area contributed by atoms with E-state index in [4.69, 9.17) is 9.47 Å². The summed E-state index contributed by atoms with van der Waals surface area (Å²) < 4.78 is 24.2. The Morgan fingerprint density at radius 1 is 0.733 bits per heavy atom. The Balaban J connectivity index is 1.50. The maximum atomic E-state index is 13.1. The molecular weight excluding hydrogens is 379 g/mol. The van der Waals surface area contributed by atoms with Crippen LogP contribution < -0.4 is 9.47 Å². The lowest BCUT2D eigenvalue weighted by Crippen LogP contribution is -2.08. The van der Waals surface area contributed by atoms with Gasteiger partial charge in [-0.15, -0.1) is 0 Å². The second-order valence-corrected chi connectivity index (χ2v) is 7.21. The summed E-state index contributed by atoms with van der Waals surface area (Å²) in [5, 5.41) is 0. The van der Waals surface area contributed by atoms with Gasteiger partial charge >= 0.3 is 5.97 Å². The molecule has 0 aromatic heterocycles. The van der Waals surface area contributed by atoms with Gasteiger partial charge in [0.05, 0.1) is 12.2 Å². The van der Waals surface area contributed by atoms with E-state index in [9.17, 15) is 9.18 Å². The van der Waals surface area contributed by atoms with E-state index >= 15 is 0 Å². The molecule has 0 fully saturated rings. The number of carbonyl (C=O) groups excluding carboxylic acids is 1. The van der Waals surface area contributed by atoms with Crippen molar-refractivity contribution in [2.24, 2.45) is 0 Å². The summed E-state index contributed by atoms with van der Waals surface area (Å²) in [5.41, 5.74) is 2.24. The quantitative estimate of drug-likeness (QED) is 0.205. The Labute approximate surface area is 177 Å². The molecule has 30 heavy (non-hydrogen) atoms. The topological polar surface area (TPSA) is 35.5 Å². The van der Waals surface area contributed by atoms with Gasteiger partial charge in [0.1, 0.15) is 17.3 Å². The summed E-state index contributed by atoms with van der Waals surface area (Å²) in [6.45, 7) is 2.90. The smallest absolute Gasteiger partial charge is 0.343 e. The molecule has 3 nitrogen and oxygen atoms in total. The van der Waals surface area contributed by atoms with Crippen LogP contribution in [0.25, 0.3) is 11.1 Å². The van der Waals surface area contributed by atoms with Crippen LogP contribution in [0.15, 0.2) is 72.8 Å².